The van der Waals surface area contributed by atoms with Gasteiger partial charge in [0.1, 0.15) is 0 Å². The molecule has 0 saturated heterocycles. The van der Waals surface area contributed by atoms with Crippen LogP contribution in [0.3, 0.4) is 0 Å². The molecule has 110 valence electrons. The van der Waals surface area contributed by atoms with Crippen LogP contribution in [0.15, 0.2) is 29.4 Å². The van der Waals surface area contributed by atoms with Crippen LogP contribution in [-0.2, 0) is 5.41 Å². The summed E-state index contributed by atoms with van der Waals surface area (Å²) in [7, 11) is 0. The maximum absolute atomic E-state index is 8.55. The van der Waals surface area contributed by atoms with Gasteiger partial charge in [-0.05, 0) is 11.0 Å². The molecule has 1 aromatic heterocycles. The van der Waals surface area contributed by atoms with Gasteiger partial charge in [0.2, 0.25) is 5.16 Å². The normalized spacial score (nSPS) is 11.3. The monoisotopic (exact) mass is 301 g/mol. The lowest BCUT2D eigenvalue weighted by atomic mass is 9.87. The number of hydrogen-bond acceptors (Lipinski definition) is 5. The minimum absolute atomic E-state index is 0.118. The topological polar surface area (TPSA) is 80.5 Å². The second-order valence-electron chi connectivity index (χ2n) is 5.76. The molecule has 2 aromatic rings. The van der Waals surface area contributed by atoms with Crippen molar-refractivity contribution in [3.63, 3.8) is 0 Å². The van der Waals surface area contributed by atoms with E-state index in [1.807, 2.05) is 12.1 Å². The highest BCUT2D eigenvalue weighted by atomic mass is 32.2. The first-order valence-corrected chi connectivity index (χ1v) is 7.73. The van der Waals surface area contributed by atoms with E-state index in [2.05, 4.69) is 49.2 Å². The van der Waals surface area contributed by atoms with Crippen LogP contribution in [0, 0.1) is 11.3 Å². The van der Waals surface area contributed by atoms with Crippen molar-refractivity contribution in [1.82, 2.24) is 14.9 Å². The molecule has 1 aromatic carbocycles. The quantitative estimate of drug-likeness (QED) is 0.533. The maximum atomic E-state index is 8.55. The summed E-state index contributed by atoms with van der Waals surface area (Å²) in [6.45, 7) is 6.53. The van der Waals surface area contributed by atoms with Crippen LogP contribution in [0.1, 0.15) is 32.8 Å². The molecule has 0 spiro atoms. The zero-order chi connectivity index (χ0) is 15.5. The zero-order valence-corrected chi connectivity index (χ0v) is 13.3. The Bertz CT molecular complexity index is 646. The van der Waals surface area contributed by atoms with Gasteiger partial charge in [0.15, 0.2) is 5.82 Å². The molecule has 2 N–H and O–H groups in total. The van der Waals surface area contributed by atoms with Gasteiger partial charge < -0.3 is 5.84 Å². The van der Waals surface area contributed by atoms with Gasteiger partial charge in [-0.25, -0.2) is 4.68 Å². The number of rotatable bonds is 4. The molecule has 0 bridgehead atoms. The van der Waals surface area contributed by atoms with Gasteiger partial charge in [0.05, 0.1) is 6.07 Å². The summed E-state index contributed by atoms with van der Waals surface area (Å²) in [6, 6.07) is 10.3. The van der Waals surface area contributed by atoms with Crippen LogP contribution in [0.2, 0.25) is 0 Å². The van der Waals surface area contributed by atoms with Crippen LogP contribution >= 0.6 is 11.8 Å². The molecule has 0 aliphatic carbocycles. The van der Waals surface area contributed by atoms with E-state index in [4.69, 9.17) is 11.1 Å². The van der Waals surface area contributed by atoms with Crippen molar-refractivity contribution in [3.8, 4) is 17.5 Å². The zero-order valence-electron chi connectivity index (χ0n) is 12.5. The predicted octanol–water partition coefficient (Wildman–Crippen LogP) is 2.96. The molecule has 1 heterocycles. The van der Waals surface area contributed by atoms with Gasteiger partial charge in [0.25, 0.3) is 0 Å². The van der Waals surface area contributed by atoms with Gasteiger partial charge in [-0.3, -0.25) is 0 Å². The fraction of sp³-hybridized carbons (Fsp3) is 0.400. The third kappa shape index (κ3) is 3.56. The molecular weight excluding hydrogens is 282 g/mol. The molecule has 0 saturated carbocycles. The molecule has 6 heteroatoms. The van der Waals surface area contributed by atoms with Crippen LogP contribution in [-0.4, -0.2) is 20.6 Å². The Morgan fingerprint density at radius 2 is 1.90 bits per heavy atom. The van der Waals surface area contributed by atoms with Gasteiger partial charge in [0, 0.05) is 17.7 Å². The molecule has 0 aliphatic heterocycles. The van der Waals surface area contributed by atoms with Crippen molar-refractivity contribution in [1.29, 1.82) is 5.26 Å². The van der Waals surface area contributed by atoms with Crippen LogP contribution in [0.5, 0.6) is 0 Å². The first kappa shape index (κ1) is 15.4. The number of nitriles is 1. The number of nitrogens with two attached hydrogens (primary N) is 1. The average Bonchev–Trinajstić information content (AvgIpc) is 2.80. The van der Waals surface area contributed by atoms with Crippen molar-refractivity contribution in [2.45, 2.75) is 37.8 Å². The van der Waals surface area contributed by atoms with E-state index in [0.717, 1.165) is 5.56 Å². The Labute approximate surface area is 129 Å². The van der Waals surface area contributed by atoms with Crippen molar-refractivity contribution in [3.05, 3.63) is 29.8 Å². The van der Waals surface area contributed by atoms with E-state index in [1.165, 1.54) is 22.0 Å². The smallest absolute Gasteiger partial charge is 0.210 e. The Morgan fingerprint density at radius 1 is 1.24 bits per heavy atom. The molecule has 0 fully saturated rings. The highest BCUT2D eigenvalue weighted by Crippen LogP contribution is 2.26. The van der Waals surface area contributed by atoms with E-state index in [0.29, 0.717) is 23.2 Å². The summed E-state index contributed by atoms with van der Waals surface area (Å²) in [5, 5.41) is 17.4. The Hall–Kier alpha value is -2.00. The Kier molecular flexibility index (Phi) is 4.53. The van der Waals surface area contributed by atoms with E-state index >= 15 is 0 Å². The minimum atomic E-state index is 0.118. The highest BCUT2D eigenvalue weighted by molar-refractivity contribution is 7.99. The second-order valence-corrected chi connectivity index (χ2v) is 6.82. The highest BCUT2D eigenvalue weighted by Gasteiger charge is 2.15. The van der Waals surface area contributed by atoms with Crippen LogP contribution in [0.25, 0.3) is 11.4 Å². The first-order chi connectivity index (χ1) is 9.93. The van der Waals surface area contributed by atoms with E-state index in [-0.39, 0.29) is 5.41 Å². The predicted molar refractivity (Wildman–Crippen MR) is 85.3 cm³/mol. The summed E-state index contributed by atoms with van der Waals surface area (Å²) in [5.41, 5.74) is 2.32. The molecule has 5 nitrogen and oxygen atoms in total. The number of hydrogen-bond donors (Lipinski definition) is 1. The summed E-state index contributed by atoms with van der Waals surface area (Å²) in [4.78, 5) is 0. The molecule has 2 rings (SSSR count). The first-order valence-electron chi connectivity index (χ1n) is 6.74. The van der Waals surface area contributed by atoms with Gasteiger partial charge in [-0.15, -0.1) is 10.2 Å². The second kappa shape index (κ2) is 6.19. The van der Waals surface area contributed by atoms with Gasteiger partial charge in [-0.2, -0.15) is 5.26 Å². The molecular formula is C15H19N5S. The van der Waals surface area contributed by atoms with Crippen LogP contribution < -0.4 is 5.84 Å². The molecule has 0 aliphatic rings. The third-order valence-electron chi connectivity index (χ3n) is 3.12. The third-order valence-corrected chi connectivity index (χ3v) is 4.06. The summed E-state index contributed by atoms with van der Waals surface area (Å²) in [6.07, 6.45) is 0.465. The van der Waals surface area contributed by atoms with Crippen molar-refractivity contribution >= 4 is 11.8 Å². The summed E-state index contributed by atoms with van der Waals surface area (Å²) < 4.78 is 1.48. The molecule has 0 atom stereocenters. The van der Waals surface area contributed by atoms with Crippen molar-refractivity contribution in [2.75, 3.05) is 11.6 Å². The fourth-order valence-corrected chi connectivity index (χ4v) is 2.58. The molecule has 0 amide bonds. The fourth-order valence-electron chi connectivity index (χ4n) is 1.88. The number of thioether (sulfide) groups is 1. The number of nitrogen functional groups attached to an aromatic ring is 1. The lowest BCUT2D eigenvalue weighted by molar-refractivity contribution is 0.590. The van der Waals surface area contributed by atoms with Gasteiger partial charge >= 0.3 is 0 Å². The average molecular weight is 301 g/mol. The van der Waals surface area contributed by atoms with Crippen molar-refractivity contribution < 1.29 is 0 Å². The summed E-state index contributed by atoms with van der Waals surface area (Å²) >= 11 is 1.44. The Morgan fingerprint density at radius 3 is 2.48 bits per heavy atom. The maximum Gasteiger partial charge on any atom is 0.210 e. The number of nitrogens with zero attached hydrogens (tertiary/aromatic N) is 4. The number of aromatic nitrogens is 3. The lowest BCUT2D eigenvalue weighted by Gasteiger charge is -2.19. The molecule has 0 unspecified atom stereocenters. The molecule has 21 heavy (non-hydrogen) atoms. The SMILES string of the molecule is CC(C)(C)c1ccc(-c2nnc(SCCC#N)n2N)cc1. The largest absolute Gasteiger partial charge is 0.335 e. The van der Waals surface area contributed by atoms with E-state index < -0.39 is 0 Å². The molecule has 0 radical (unpaired) electrons. The van der Waals surface area contributed by atoms with Gasteiger partial charge in [-0.1, -0.05) is 56.8 Å². The number of benzene rings is 1. The van der Waals surface area contributed by atoms with E-state index in [1.54, 1.807) is 0 Å². The van der Waals surface area contributed by atoms with E-state index in [9.17, 15) is 0 Å². The lowest BCUT2D eigenvalue weighted by Crippen LogP contribution is -2.12. The Balaban J connectivity index is 2.21. The summed E-state index contributed by atoms with van der Waals surface area (Å²) in [5.74, 6) is 7.33. The van der Waals surface area contributed by atoms with Crippen molar-refractivity contribution in [2.24, 2.45) is 0 Å². The van der Waals surface area contributed by atoms with Crippen LogP contribution in [0.4, 0.5) is 0 Å². The minimum Gasteiger partial charge on any atom is -0.335 e. The standard InChI is InChI=1S/C15H19N5S/c1-15(2,3)12-7-5-11(6-8-12)13-18-19-14(20(13)17)21-10-4-9-16/h5-8H,4,10,17H2,1-3H3.